The van der Waals surface area contributed by atoms with Crippen LogP contribution in [0.15, 0.2) is 36.4 Å². The molecule has 2 rings (SSSR count). The number of nitrogens with two attached hydrogens (primary N) is 1. The van der Waals surface area contributed by atoms with Gasteiger partial charge in [-0.1, -0.05) is 23.2 Å². The Balaban J connectivity index is 2.32. The molecule has 0 bridgehead atoms. The summed E-state index contributed by atoms with van der Waals surface area (Å²) in [4.78, 5) is 0. The number of rotatable bonds is 2. The van der Waals surface area contributed by atoms with Gasteiger partial charge in [0.2, 0.25) is 0 Å². The lowest BCUT2D eigenvalue weighted by Crippen LogP contribution is -1.92. The first-order valence-corrected chi connectivity index (χ1v) is 5.78. The first-order chi connectivity index (χ1) is 8.60. The van der Waals surface area contributed by atoms with Crippen LogP contribution in [0.4, 0.5) is 5.69 Å². The fourth-order valence-corrected chi connectivity index (χ4v) is 1.78. The third kappa shape index (κ3) is 2.67. The molecule has 2 aromatic rings. The Morgan fingerprint density at radius 3 is 2.39 bits per heavy atom. The second kappa shape index (κ2) is 5.18. The molecule has 0 fully saturated rings. The van der Waals surface area contributed by atoms with E-state index < -0.39 is 0 Å². The minimum atomic E-state index is 0.350. The molecule has 0 aliphatic carbocycles. The van der Waals surface area contributed by atoms with E-state index in [0.717, 1.165) is 0 Å². The van der Waals surface area contributed by atoms with E-state index >= 15 is 0 Å². The fourth-order valence-electron chi connectivity index (χ4n) is 1.38. The van der Waals surface area contributed by atoms with E-state index in [4.69, 9.17) is 38.9 Å². The molecule has 3 nitrogen and oxygen atoms in total. The molecule has 0 radical (unpaired) electrons. The summed E-state index contributed by atoms with van der Waals surface area (Å²) in [6, 6.07) is 11.7. The summed E-state index contributed by atoms with van der Waals surface area (Å²) < 4.78 is 5.57. The van der Waals surface area contributed by atoms with Gasteiger partial charge in [0, 0.05) is 5.02 Å². The molecule has 0 spiro atoms. The Morgan fingerprint density at radius 1 is 1.06 bits per heavy atom. The van der Waals surface area contributed by atoms with Gasteiger partial charge in [0.05, 0.1) is 22.3 Å². The van der Waals surface area contributed by atoms with Crippen molar-refractivity contribution in [2.45, 2.75) is 0 Å². The minimum absolute atomic E-state index is 0.350. The van der Waals surface area contributed by atoms with Gasteiger partial charge in [-0.15, -0.1) is 0 Å². The van der Waals surface area contributed by atoms with E-state index in [1.54, 1.807) is 30.3 Å². The van der Waals surface area contributed by atoms with Gasteiger partial charge in [-0.3, -0.25) is 0 Å². The largest absolute Gasteiger partial charge is 0.454 e. The van der Waals surface area contributed by atoms with Crippen molar-refractivity contribution in [2.75, 3.05) is 5.73 Å². The zero-order valence-corrected chi connectivity index (χ0v) is 10.7. The summed E-state index contributed by atoms with van der Waals surface area (Å²) in [6.45, 7) is 0. The van der Waals surface area contributed by atoms with Crippen molar-refractivity contribution in [3.63, 3.8) is 0 Å². The molecule has 0 aliphatic heterocycles. The Hall–Kier alpha value is -1.89. The number of nitriles is 1. The highest BCUT2D eigenvalue weighted by Crippen LogP contribution is 2.34. The van der Waals surface area contributed by atoms with E-state index in [0.29, 0.717) is 32.8 Å². The van der Waals surface area contributed by atoms with E-state index in [1.165, 1.54) is 6.07 Å². The number of hydrogen-bond acceptors (Lipinski definition) is 3. The maximum atomic E-state index is 8.73. The van der Waals surface area contributed by atoms with Crippen LogP contribution in [0.3, 0.4) is 0 Å². The van der Waals surface area contributed by atoms with Gasteiger partial charge < -0.3 is 10.5 Å². The van der Waals surface area contributed by atoms with Crippen molar-refractivity contribution in [2.24, 2.45) is 0 Å². The zero-order chi connectivity index (χ0) is 13.1. The number of hydrogen-bond donors (Lipinski definition) is 1. The summed E-state index contributed by atoms with van der Waals surface area (Å²) in [5, 5.41) is 9.62. The predicted octanol–water partition coefficient (Wildman–Crippen LogP) is 4.24. The summed E-state index contributed by atoms with van der Waals surface area (Å²) in [5.74, 6) is 0.899. The second-order valence-corrected chi connectivity index (χ2v) is 4.38. The van der Waals surface area contributed by atoms with Gasteiger partial charge >= 0.3 is 0 Å². The van der Waals surface area contributed by atoms with Crippen LogP contribution in [-0.4, -0.2) is 0 Å². The smallest absolute Gasteiger partial charge is 0.150 e. The van der Waals surface area contributed by atoms with Crippen LogP contribution in [-0.2, 0) is 0 Å². The average Bonchev–Trinajstić information content (AvgIpc) is 2.34. The van der Waals surface area contributed by atoms with Gasteiger partial charge in [-0.2, -0.15) is 5.26 Å². The lowest BCUT2D eigenvalue weighted by molar-refractivity contribution is 0.485. The lowest BCUT2D eigenvalue weighted by Gasteiger charge is -2.10. The predicted molar refractivity (Wildman–Crippen MR) is 72.1 cm³/mol. The van der Waals surface area contributed by atoms with Crippen LogP contribution in [0, 0.1) is 11.3 Å². The Kier molecular flexibility index (Phi) is 3.61. The second-order valence-electron chi connectivity index (χ2n) is 3.54. The van der Waals surface area contributed by atoms with E-state index in [1.807, 2.05) is 6.07 Å². The highest BCUT2D eigenvalue weighted by atomic mass is 35.5. The standard InChI is InChI=1S/C13H8Cl2N2O/c14-9-2-4-13(11(17)6-9)18-12-3-1-8(7-16)5-10(12)15/h1-6H,17H2. The van der Waals surface area contributed by atoms with Crippen molar-refractivity contribution in [3.05, 3.63) is 52.0 Å². The minimum Gasteiger partial charge on any atom is -0.454 e. The van der Waals surface area contributed by atoms with Crippen LogP contribution in [0.5, 0.6) is 11.5 Å². The third-order valence-corrected chi connectivity index (χ3v) is 2.78. The van der Waals surface area contributed by atoms with Gasteiger partial charge in [-0.05, 0) is 36.4 Å². The molecule has 0 aromatic heterocycles. The molecule has 0 heterocycles. The van der Waals surface area contributed by atoms with E-state index in [-0.39, 0.29) is 0 Å². The average molecular weight is 279 g/mol. The molecule has 18 heavy (non-hydrogen) atoms. The quantitative estimate of drug-likeness (QED) is 0.836. The normalized spacial score (nSPS) is 9.83. The number of benzene rings is 2. The first-order valence-electron chi connectivity index (χ1n) is 5.02. The molecular weight excluding hydrogens is 271 g/mol. The molecule has 0 unspecified atom stereocenters. The van der Waals surface area contributed by atoms with Crippen LogP contribution in [0.1, 0.15) is 5.56 Å². The Morgan fingerprint density at radius 2 is 1.78 bits per heavy atom. The number of nitrogen functional groups attached to an aromatic ring is 1. The van der Waals surface area contributed by atoms with Crippen molar-refractivity contribution < 1.29 is 4.74 Å². The van der Waals surface area contributed by atoms with Gasteiger partial charge in [-0.25, -0.2) is 0 Å². The molecule has 0 aliphatic rings. The van der Waals surface area contributed by atoms with E-state index in [2.05, 4.69) is 0 Å². The van der Waals surface area contributed by atoms with Crippen LogP contribution in [0.25, 0.3) is 0 Å². The van der Waals surface area contributed by atoms with Gasteiger partial charge in [0.25, 0.3) is 0 Å². The zero-order valence-electron chi connectivity index (χ0n) is 9.15. The maximum Gasteiger partial charge on any atom is 0.150 e. The van der Waals surface area contributed by atoms with Crippen LogP contribution in [0.2, 0.25) is 10.0 Å². The van der Waals surface area contributed by atoms with E-state index in [9.17, 15) is 0 Å². The lowest BCUT2D eigenvalue weighted by atomic mass is 10.2. The topological polar surface area (TPSA) is 59.0 Å². The fraction of sp³-hybridized carbons (Fsp3) is 0. The van der Waals surface area contributed by atoms with Crippen LogP contribution >= 0.6 is 23.2 Å². The van der Waals surface area contributed by atoms with Crippen LogP contribution < -0.4 is 10.5 Å². The third-order valence-electron chi connectivity index (χ3n) is 2.25. The summed E-state index contributed by atoms with van der Waals surface area (Å²) in [5.41, 5.74) is 6.66. The van der Waals surface area contributed by atoms with Gasteiger partial charge in [0.1, 0.15) is 11.5 Å². The van der Waals surface area contributed by atoms with Gasteiger partial charge in [0.15, 0.2) is 0 Å². The molecular formula is C13H8Cl2N2O. The molecule has 0 saturated carbocycles. The summed E-state index contributed by atoms with van der Waals surface area (Å²) >= 11 is 11.8. The molecule has 2 N–H and O–H groups in total. The molecule has 90 valence electrons. The first kappa shape index (κ1) is 12.6. The van der Waals surface area contributed by atoms with Crippen molar-refractivity contribution in [1.29, 1.82) is 5.26 Å². The Bertz CT molecular complexity index is 635. The van der Waals surface area contributed by atoms with Crippen molar-refractivity contribution in [1.82, 2.24) is 0 Å². The highest BCUT2D eigenvalue weighted by molar-refractivity contribution is 6.32. The SMILES string of the molecule is N#Cc1ccc(Oc2ccc(Cl)cc2N)c(Cl)c1. The highest BCUT2D eigenvalue weighted by Gasteiger charge is 2.07. The summed E-state index contributed by atoms with van der Waals surface area (Å²) in [6.07, 6.45) is 0. The molecule has 2 aromatic carbocycles. The molecule has 0 atom stereocenters. The number of halogens is 2. The van der Waals surface area contributed by atoms with Crippen molar-refractivity contribution >= 4 is 28.9 Å². The number of anilines is 1. The van der Waals surface area contributed by atoms with Crippen molar-refractivity contribution in [3.8, 4) is 17.6 Å². The monoisotopic (exact) mass is 278 g/mol. The number of nitrogens with zero attached hydrogens (tertiary/aromatic N) is 1. The molecule has 5 heteroatoms. The molecule has 0 amide bonds. The molecule has 0 saturated heterocycles. The Labute approximate surface area is 114 Å². The summed E-state index contributed by atoms with van der Waals surface area (Å²) in [7, 11) is 0. The maximum absolute atomic E-state index is 8.73. The number of ether oxygens (including phenoxy) is 1.